The summed E-state index contributed by atoms with van der Waals surface area (Å²) in [6.07, 6.45) is 6.82. The lowest BCUT2D eigenvalue weighted by Gasteiger charge is -2.23. The van der Waals surface area contributed by atoms with Crippen LogP contribution >= 0.6 is 24.0 Å². The summed E-state index contributed by atoms with van der Waals surface area (Å²) in [6.45, 7) is 12.4. The van der Waals surface area contributed by atoms with Gasteiger partial charge >= 0.3 is 0 Å². The summed E-state index contributed by atoms with van der Waals surface area (Å²) in [5, 5.41) is 3.42. The van der Waals surface area contributed by atoms with Crippen LogP contribution in [0.15, 0.2) is 35.7 Å². The number of hydrogen-bond acceptors (Lipinski definition) is 3. The van der Waals surface area contributed by atoms with Crippen LogP contribution in [0.4, 0.5) is 0 Å². The Balaban J connectivity index is 0.00000243. The van der Waals surface area contributed by atoms with Gasteiger partial charge in [0.15, 0.2) is 5.96 Å². The Kier molecular flexibility index (Phi) is 7.02. The van der Waals surface area contributed by atoms with Crippen LogP contribution in [0.2, 0.25) is 0 Å². The number of guanidine groups is 1. The molecule has 1 aliphatic heterocycles. The summed E-state index contributed by atoms with van der Waals surface area (Å²) in [6, 6.07) is 4.11. The Morgan fingerprint density at radius 2 is 2.12 bits per heavy atom. The molecule has 142 valence electrons. The molecule has 0 radical (unpaired) electrons. The smallest absolute Gasteiger partial charge is 0.194 e. The zero-order valence-corrected chi connectivity index (χ0v) is 18.4. The van der Waals surface area contributed by atoms with Crippen molar-refractivity contribution in [2.45, 2.75) is 40.7 Å². The van der Waals surface area contributed by atoms with Crippen LogP contribution in [-0.2, 0) is 6.54 Å². The second kappa shape index (κ2) is 8.83. The summed E-state index contributed by atoms with van der Waals surface area (Å²) < 4.78 is 1.98. The highest BCUT2D eigenvalue weighted by atomic mass is 127. The summed E-state index contributed by atoms with van der Waals surface area (Å²) >= 11 is 0. The molecule has 1 N–H and O–H groups in total. The third-order valence-corrected chi connectivity index (χ3v) is 4.60. The number of aliphatic imine (C=N–C) groups is 1. The van der Waals surface area contributed by atoms with Gasteiger partial charge < -0.3 is 10.2 Å². The second-order valence-electron chi connectivity index (χ2n) is 7.38. The zero-order valence-electron chi connectivity index (χ0n) is 16.1. The van der Waals surface area contributed by atoms with E-state index in [1.165, 1.54) is 6.42 Å². The average Bonchev–Trinajstić information content (AvgIpc) is 3.17. The number of likely N-dealkylation sites (tertiary alicyclic amines) is 1. The first-order valence-corrected chi connectivity index (χ1v) is 8.97. The Labute approximate surface area is 173 Å². The summed E-state index contributed by atoms with van der Waals surface area (Å²) in [5.41, 5.74) is 1.47. The minimum atomic E-state index is 0. The highest BCUT2D eigenvalue weighted by Crippen LogP contribution is 2.28. The van der Waals surface area contributed by atoms with Crippen LogP contribution in [0.5, 0.6) is 0 Å². The molecule has 7 heteroatoms. The lowest BCUT2D eigenvalue weighted by Crippen LogP contribution is -2.40. The van der Waals surface area contributed by atoms with Crippen molar-refractivity contribution < 1.29 is 0 Å². The molecule has 6 nitrogen and oxygen atoms in total. The predicted octanol–water partition coefficient (Wildman–Crippen LogP) is 3.39. The molecule has 2 aromatic heterocycles. The second-order valence-corrected chi connectivity index (χ2v) is 7.38. The van der Waals surface area contributed by atoms with Crippen LogP contribution in [0.1, 0.15) is 38.6 Å². The van der Waals surface area contributed by atoms with Crippen molar-refractivity contribution >= 4 is 29.9 Å². The predicted molar refractivity (Wildman–Crippen MR) is 116 cm³/mol. The molecule has 1 fully saturated rings. The molecule has 0 spiro atoms. The van der Waals surface area contributed by atoms with Gasteiger partial charge in [-0.2, -0.15) is 0 Å². The van der Waals surface area contributed by atoms with Gasteiger partial charge in [-0.1, -0.05) is 19.9 Å². The van der Waals surface area contributed by atoms with Crippen molar-refractivity contribution in [1.29, 1.82) is 0 Å². The lowest BCUT2D eigenvalue weighted by atomic mass is 9.93. The zero-order chi connectivity index (χ0) is 17.9. The first kappa shape index (κ1) is 20.7. The first-order chi connectivity index (χ1) is 12.0. The molecule has 1 aliphatic rings. The van der Waals surface area contributed by atoms with Gasteiger partial charge in [0, 0.05) is 38.2 Å². The van der Waals surface area contributed by atoms with E-state index < -0.39 is 0 Å². The average molecular weight is 468 g/mol. The fraction of sp³-hybridized carbons (Fsp3) is 0.526. The maximum Gasteiger partial charge on any atom is 0.194 e. The molecule has 1 saturated heterocycles. The Bertz CT molecular complexity index is 735. The van der Waals surface area contributed by atoms with Crippen molar-refractivity contribution in [3.8, 4) is 5.82 Å². The van der Waals surface area contributed by atoms with E-state index in [9.17, 15) is 0 Å². The Hall–Kier alpha value is -1.64. The molecule has 0 amide bonds. The van der Waals surface area contributed by atoms with Crippen LogP contribution < -0.4 is 5.32 Å². The number of halogens is 1. The quantitative estimate of drug-likeness (QED) is 0.425. The number of nitrogens with one attached hydrogen (secondary N) is 1. The Morgan fingerprint density at radius 3 is 2.65 bits per heavy atom. The fourth-order valence-corrected chi connectivity index (χ4v) is 3.16. The number of hydrogen-bond donors (Lipinski definition) is 1. The van der Waals surface area contributed by atoms with Crippen LogP contribution in [-0.4, -0.2) is 45.0 Å². The molecule has 3 rings (SSSR count). The van der Waals surface area contributed by atoms with Crippen molar-refractivity contribution in [3.05, 3.63) is 42.1 Å². The third-order valence-electron chi connectivity index (χ3n) is 4.60. The van der Waals surface area contributed by atoms with E-state index >= 15 is 0 Å². The molecule has 3 heterocycles. The molecule has 0 aromatic carbocycles. The van der Waals surface area contributed by atoms with Gasteiger partial charge in [-0.15, -0.1) is 24.0 Å². The van der Waals surface area contributed by atoms with E-state index in [4.69, 9.17) is 4.99 Å². The number of rotatable bonds is 4. The van der Waals surface area contributed by atoms with Gasteiger partial charge in [0.05, 0.1) is 6.54 Å². The molecular formula is C19H29IN6. The molecule has 0 unspecified atom stereocenters. The molecule has 0 atom stereocenters. The van der Waals surface area contributed by atoms with Crippen molar-refractivity contribution in [2.75, 3.05) is 19.6 Å². The topological polar surface area (TPSA) is 58.3 Å². The minimum Gasteiger partial charge on any atom is -0.357 e. The van der Waals surface area contributed by atoms with Gasteiger partial charge in [0.1, 0.15) is 11.6 Å². The van der Waals surface area contributed by atoms with Crippen molar-refractivity contribution in [2.24, 2.45) is 10.4 Å². The molecule has 0 saturated carbocycles. The molecule has 0 aliphatic carbocycles. The fourth-order valence-electron chi connectivity index (χ4n) is 3.16. The van der Waals surface area contributed by atoms with Gasteiger partial charge in [0.2, 0.25) is 0 Å². The van der Waals surface area contributed by atoms with Crippen LogP contribution in [0.25, 0.3) is 5.82 Å². The molecule has 0 bridgehead atoms. The van der Waals surface area contributed by atoms with E-state index in [0.29, 0.717) is 12.0 Å². The van der Waals surface area contributed by atoms with Crippen molar-refractivity contribution in [1.82, 2.24) is 24.8 Å². The van der Waals surface area contributed by atoms with Gasteiger partial charge in [-0.05, 0) is 37.3 Å². The first-order valence-electron chi connectivity index (χ1n) is 8.97. The highest BCUT2D eigenvalue weighted by Gasteiger charge is 2.30. The monoisotopic (exact) mass is 468 g/mol. The van der Waals surface area contributed by atoms with E-state index in [2.05, 4.69) is 47.0 Å². The number of aromatic nitrogens is 3. The third kappa shape index (κ3) is 4.96. The molecular weight excluding hydrogens is 439 g/mol. The normalized spacial score (nSPS) is 16.5. The van der Waals surface area contributed by atoms with E-state index in [1.807, 2.05) is 30.0 Å². The van der Waals surface area contributed by atoms with E-state index in [1.54, 1.807) is 6.20 Å². The Morgan fingerprint density at radius 1 is 1.31 bits per heavy atom. The van der Waals surface area contributed by atoms with Gasteiger partial charge in [-0.25, -0.2) is 15.0 Å². The standard InChI is InChI=1S/C19H28N6.HI/c1-5-20-18(24-10-8-19(3,4)14-24)23-13-16-6-7-17(22-12-16)25-11-9-21-15(25)2;/h6-7,9,11-12H,5,8,10,13-14H2,1-4H3,(H,20,23);1H. The summed E-state index contributed by atoms with van der Waals surface area (Å²) in [4.78, 5) is 16.0. The van der Waals surface area contributed by atoms with Crippen LogP contribution in [0.3, 0.4) is 0 Å². The highest BCUT2D eigenvalue weighted by molar-refractivity contribution is 14.0. The van der Waals surface area contributed by atoms with Crippen LogP contribution in [0, 0.1) is 12.3 Å². The van der Waals surface area contributed by atoms with E-state index in [-0.39, 0.29) is 24.0 Å². The number of nitrogens with zero attached hydrogens (tertiary/aromatic N) is 5. The van der Waals surface area contributed by atoms with Gasteiger partial charge in [0.25, 0.3) is 0 Å². The summed E-state index contributed by atoms with van der Waals surface area (Å²) in [5.74, 6) is 2.82. The number of aryl methyl sites for hydroxylation is 1. The lowest BCUT2D eigenvalue weighted by molar-refractivity contribution is 0.370. The maximum atomic E-state index is 4.81. The molecule has 26 heavy (non-hydrogen) atoms. The number of pyridine rings is 1. The SMILES string of the molecule is CCNC(=NCc1ccc(-n2ccnc2C)nc1)N1CCC(C)(C)C1.I. The van der Waals surface area contributed by atoms with Crippen molar-refractivity contribution in [3.63, 3.8) is 0 Å². The maximum absolute atomic E-state index is 4.81. The summed E-state index contributed by atoms with van der Waals surface area (Å²) in [7, 11) is 0. The number of imidazole rings is 1. The minimum absolute atomic E-state index is 0. The van der Waals surface area contributed by atoms with Gasteiger partial charge in [-0.3, -0.25) is 4.57 Å². The molecule has 2 aromatic rings. The largest absolute Gasteiger partial charge is 0.357 e. The van der Waals surface area contributed by atoms with E-state index in [0.717, 1.165) is 42.8 Å².